The Labute approximate surface area is 209 Å². The number of fused-ring (bicyclic) bond motifs is 1. The monoisotopic (exact) mass is 486 g/mol. The number of benzene rings is 3. The molecule has 5 rings (SSSR count). The first kappa shape index (κ1) is 25.2. The maximum atomic E-state index is 9.10. The Hall–Kier alpha value is -3.94. The van der Waals surface area contributed by atoms with Gasteiger partial charge in [0.05, 0.1) is 12.7 Å². The molecule has 186 valence electrons. The van der Waals surface area contributed by atoms with Crippen LogP contribution in [0.2, 0.25) is 0 Å². The fraction of sp³-hybridized carbons (Fsp3) is 0.241. The van der Waals surface area contributed by atoms with Crippen molar-refractivity contribution in [1.29, 1.82) is 0 Å². The highest BCUT2D eigenvalue weighted by Crippen LogP contribution is 2.34. The topological polar surface area (TPSA) is 112 Å². The molecule has 4 aromatic rings. The number of aliphatic carboxylic acids is 2. The van der Waals surface area contributed by atoms with Gasteiger partial charge in [0.1, 0.15) is 0 Å². The summed E-state index contributed by atoms with van der Waals surface area (Å²) in [7, 11) is 0. The fourth-order valence-corrected chi connectivity index (χ4v) is 4.61. The van der Waals surface area contributed by atoms with Gasteiger partial charge >= 0.3 is 11.9 Å². The van der Waals surface area contributed by atoms with Gasteiger partial charge in [0.25, 0.3) is 0 Å². The molecule has 1 aliphatic heterocycles. The second-order valence-electron chi connectivity index (χ2n) is 8.84. The van der Waals surface area contributed by atoms with Crippen molar-refractivity contribution < 1.29 is 24.5 Å². The van der Waals surface area contributed by atoms with Crippen molar-refractivity contribution in [2.45, 2.75) is 37.5 Å². The molecule has 1 fully saturated rings. The second-order valence-corrected chi connectivity index (χ2v) is 8.84. The Bertz CT molecular complexity index is 1210. The second kappa shape index (κ2) is 12.2. The maximum absolute atomic E-state index is 9.10. The zero-order valence-corrected chi connectivity index (χ0v) is 19.8. The molecule has 1 saturated heterocycles. The zero-order valence-electron chi connectivity index (χ0n) is 19.8. The van der Waals surface area contributed by atoms with E-state index in [0.29, 0.717) is 6.04 Å². The van der Waals surface area contributed by atoms with Crippen LogP contribution >= 0.6 is 0 Å². The molecule has 0 spiro atoms. The normalized spacial score (nSPS) is 17.4. The van der Waals surface area contributed by atoms with Gasteiger partial charge in [0.2, 0.25) is 0 Å². The SMILES string of the molecule is O=C(O)C(=O)O.c1ccc(C(c2ccccc2)[C@H]2CC[C@@H](NCc3ccc4[nH]ccc4c3)CO2)cc1. The summed E-state index contributed by atoms with van der Waals surface area (Å²) in [5, 5.41) is 19.7. The van der Waals surface area contributed by atoms with E-state index in [1.807, 2.05) is 6.20 Å². The van der Waals surface area contributed by atoms with E-state index in [2.05, 4.69) is 95.2 Å². The van der Waals surface area contributed by atoms with E-state index in [9.17, 15) is 0 Å². The van der Waals surface area contributed by atoms with Crippen LogP contribution in [0.3, 0.4) is 0 Å². The first-order valence-electron chi connectivity index (χ1n) is 12.0. The lowest BCUT2D eigenvalue weighted by Gasteiger charge is -2.35. The van der Waals surface area contributed by atoms with E-state index in [1.165, 1.54) is 27.6 Å². The molecule has 36 heavy (non-hydrogen) atoms. The van der Waals surface area contributed by atoms with Crippen molar-refractivity contribution in [2.75, 3.05) is 6.61 Å². The quantitative estimate of drug-likeness (QED) is 0.292. The summed E-state index contributed by atoms with van der Waals surface area (Å²) in [4.78, 5) is 21.5. The molecule has 2 atom stereocenters. The van der Waals surface area contributed by atoms with Crippen LogP contribution in [0.5, 0.6) is 0 Å². The number of ether oxygens (including phenoxy) is 1. The Morgan fingerprint density at radius 2 is 1.53 bits per heavy atom. The third kappa shape index (κ3) is 6.59. The predicted octanol–water partition coefficient (Wildman–Crippen LogP) is 4.79. The lowest BCUT2D eigenvalue weighted by molar-refractivity contribution is -0.159. The van der Waals surface area contributed by atoms with Crippen molar-refractivity contribution in [3.05, 3.63) is 108 Å². The van der Waals surface area contributed by atoms with Gasteiger partial charge in [-0.25, -0.2) is 9.59 Å². The van der Waals surface area contributed by atoms with Gasteiger partial charge in [-0.15, -0.1) is 0 Å². The van der Waals surface area contributed by atoms with E-state index in [1.54, 1.807) is 0 Å². The van der Waals surface area contributed by atoms with Crippen LogP contribution in [0, 0.1) is 0 Å². The molecule has 0 aliphatic carbocycles. The third-order valence-corrected chi connectivity index (χ3v) is 6.40. The van der Waals surface area contributed by atoms with Gasteiger partial charge in [-0.3, -0.25) is 0 Å². The Morgan fingerprint density at radius 1 is 0.889 bits per heavy atom. The number of aromatic nitrogens is 1. The van der Waals surface area contributed by atoms with Gasteiger partial charge in [-0.05, 0) is 53.1 Å². The van der Waals surface area contributed by atoms with Crippen molar-refractivity contribution in [1.82, 2.24) is 10.3 Å². The van der Waals surface area contributed by atoms with Crippen molar-refractivity contribution in [3.63, 3.8) is 0 Å². The van der Waals surface area contributed by atoms with Gasteiger partial charge in [0, 0.05) is 30.2 Å². The molecule has 0 bridgehead atoms. The van der Waals surface area contributed by atoms with Crippen LogP contribution < -0.4 is 5.32 Å². The molecule has 7 heteroatoms. The minimum absolute atomic E-state index is 0.212. The zero-order chi connectivity index (χ0) is 25.3. The van der Waals surface area contributed by atoms with Gasteiger partial charge in [-0.2, -0.15) is 0 Å². The number of carbonyl (C=O) groups is 2. The fourth-order valence-electron chi connectivity index (χ4n) is 4.61. The number of hydrogen-bond acceptors (Lipinski definition) is 4. The lowest BCUT2D eigenvalue weighted by Crippen LogP contribution is -2.41. The number of H-pyrrole nitrogens is 1. The molecular weight excluding hydrogens is 456 g/mol. The van der Waals surface area contributed by atoms with Crippen molar-refractivity contribution in [3.8, 4) is 0 Å². The summed E-state index contributed by atoms with van der Waals surface area (Å²) < 4.78 is 6.44. The molecule has 4 N–H and O–H groups in total. The van der Waals surface area contributed by atoms with Crippen LogP contribution in [0.25, 0.3) is 10.9 Å². The number of aromatic amines is 1. The van der Waals surface area contributed by atoms with Crippen LogP contribution in [-0.4, -0.2) is 45.9 Å². The van der Waals surface area contributed by atoms with E-state index in [0.717, 1.165) is 26.0 Å². The number of nitrogens with one attached hydrogen (secondary N) is 2. The highest BCUT2D eigenvalue weighted by atomic mass is 16.5. The standard InChI is InChI=1S/C27H28N2O.C2H2O4/c1-3-7-21(8-4-1)27(22-9-5-2-6-10-22)26-14-12-24(19-30-26)29-18-20-11-13-25-23(17-20)15-16-28-25;3-1(4)2(5)6/h1-11,13,15-17,24,26-29H,12,14,18-19H2;(H,3,4)(H,5,6)/t24-,26-;/m1./s1. The maximum Gasteiger partial charge on any atom is 0.414 e. The van der Waals surface area contributed by atoms with Crippen LogP contribution in [0.4, 0.5) is 0 Å². The molecule has 2 heterocycles. The molecule has 0 radical (unpaired) electrons. The Morgan fingerprint density at radius 3 is 2.08 bits per heavy atom. The summed E-state index contributed by atoms with van der Waals surface area (Å²) in [6.07, 6.45) is 4.40. The molecule has 1 aromatic heterocycles. The van der Waals surface area contributed by atoms with Crippen molar-refractivity contribution in [2.24, 2.45) is 0 Å². The van der Waals surface area contributed by atoms with Gasteiger partial charge in [-0.1, -0.05) is 66.7 Å². The van der Waals surface area contributed by atoms with Crippen LogP contribution in [0.15, 0.2) is 91.1 Å². The van der Waals surface area contributed by atoms with Crippen LogP contribution in [-0.2, 0) is 20.9 Å². The number of carboxylic acid groups (broad SMARTS) is 2. The molecule has 1 aliphatic rings. The van der Waals surface area contributed by atoms with Crippen LogP contribution in [0.1, 0.15) is 35.4 Å². The summed E-state index contributed by atoms with van der Waals surface area (Å²) in [5.74, 6) is -3.37. The summed E-state index contributed by atoms with van der Waals surface area (Å²) >= 11 is 0. The third-order valence-electron chi connectivity index (χ3n) is 6.40. The lowest BCUT2D eigenvalue weighted by atomic mass is 9.83. The Balaban J connectivity index is 0.000000455. The highest BCUT2D eigenvalue weighted by molar-refractivity contribution is 6.27. The summed E-state index contributed by atoms with van der Waals surface area (Å²) in [6.45, 7) is 1.63. The minimum atomic E-state index is -1.82. The number of carboxylic acids is 2. The molecule has 0 unspecified atom stereocenters. The largest absolute Gasteiger partial charge is 0.473 e. The molecule has 0 amide bonds. The van der Waals surface area contributed by atoms with E-state index >= 15 is 0 Å². The van der Waals surface area contributed by atoms with Gasteiger partial charge in [0.15, 0.2) is 0 Å². The first-order valence-corrected chi connectivity index (χ1v) is 12.0. The molecule has 7 nitrogen and oxygen atoms in total. The average molecular weight is 487 g/mol. The average Bonchev–Trinajstić information content (AvgIpc) is 3.38. The minimum Gasteiger partial charge on any atom is -0.473 e. The first-order chi connectivity index (χ1) is 17.5. The molecule has 3 aromatic carbocycles. The Kier molecular flexibility index (Phi) is 8.49. The van der Waals surface area contributed by atoms with Crippen molar-refractivity contribution >= 4 is 22.8 Å². The number of rotatable bonds is 6. The molecule has 0 saturated carbocycles. The van der Waals surface area contributed by atoms with E-state index in [4.69, 9.17) is 24.5 Å². The summed E-state index contributed by atoms with van der Waals surface area (Å²) in [6, 6.07) is 30.7. The predicted molar refractivity (Wildman–Crippen MR) is 138 cm³/mol. The van der Waals surface area contributed by atoms with E-state index < -0.39 is 11.9 Å². The highest BCUT2D eigenvalue weighted by Gasteiger charge is 2.30. The molecular formula is C29H30N2O5. The number of hydrogen-bond donors (Lipinski definition) is 4. The van der Waals surface area contributed by atoms with Gasteiger partial charge < -0.3 is 25.3 Å². The van der Waals surface area contributed by atoms with E-state index in [-0.39, 0.29) is 12.0 Å². The summed E-state index contributed by atoms with van der Waals surface area (Å²) in [5.41, 5.74) is 5.17. The smallest absolute Gasteiger partial charge is 0.414 e.